The number of nitrogens with one attached hydrogen (secondary N) is 1. The molecule has 162 valence electrons. The van der Waals surface area contributed by atoms with E-state index >= 15 is 4.39 Å². The summed E-state index contributed by atoms with van der Waals surface area (Å²) >= 11 is 0. The third kappa shape index (κ3) is 4.87. The molecule has 1 aromatic rings. The molecule has 0 spiro atoms. The largest absolute Gasteiger partial charge is 0.412 e. The molecular formula is C23H37FN2O2Si. The molecule has 0 saturated carbocycles. The molecule has 0 amide bonds. The van der Waals surface area contributed by atoms with Crippen molar-refractivity contribution < 1.29 is 13.6 Å². The number of halogens is 1. The zero-order chi connectivity index (χ0) is 20.5. The van der Waals surface area contributed by atoms with Crippen molar-refractivity contribution >= 4 is 14.0 Å². The molecule has 3 aliphatic heterocycles. The van der Waals surface area contributed by atoms with E-state index in [4.69, 9.17) is 9.16 Å². The number of anilines is 1. The minimum atomic E-state index is -1.63. The second-order valence-electron chi connectivity index (χ2n) is 10.0. The van der Waals surface area contributed by atoms with Crippen LogP contribution < -0.4 is 10.2 Å². The number of hydrogen-bond acceptors (Lipinski definition) is 4. The maximum Gasteiger partial charge on any atom is 0.195 e. The Morgan fingerprint density at radius 3 is 2.52 bits per heavy atom. The maximum atomic E-state index is 15.2. The normalized spacial score (nSPS) is 27.9. The number of rotatable bonds is 7. The Balaban J connectivity index is 1.28. The van der Waals surface area contributed by atoms with Gasteiger partial charge in [-0.1, -0.05) is 26.0 Å². The van der Waals surface area contributed by atoms with Gasteiger partial charge >= 0.3 is 0 Å². The van der Waals surface area contributed by atoms with E-state index in [9.17, 15) is 0 Å². The molecular weight excluding hydrogens is 383 g/mol. The lowest BCUT2D eigenvalue weighted by molar-refractivity contribution is 0.00942. The fraction of sp³-hybridized carbons (Fsp3) is 0.739. The summed E-state index contributed by atoms with van der Waals surface area (Å²) in [7, 11) is -1.63. The summed E-state index contributed by atoms with van der Waals surface area (Å²) < 4.78 is 27.6. The first-order valence-corrected chi connectivity index (χ1v) is 14.0. The number of hydrogen-bond donors (Lipinski definition) is 1. The molecule has 0 bridgehead atoms. The summed E-state index contributed by atoms with van der Waals surface area (Å²) in [4.78, 5) is 2.18. The number of nitrogens with zero attached hydrogens (tertiary/aromatic N) is 1. The zero-order valence-corrected chi connectivity index (χ0v) is 19.3. The first-order chi connectivity index (χ1) is 13.9. The standard InChI is InChI=1S/C23H37FN2O2Si/c1-23(2)17-29(23,3)28-16-19-5-4-6-21(22(19)24)26-13-9-20(10-14-26)27-15-18-7-11-25-12-8-18/h4-6,18,20,25H,7-17H2,1-3H3. The van der Waals surface area contributed by atoms with Crippen molar-refractivity contribution in [2.24, 2.45) is 5.92 Å². The Hall–Kier alpha value is -0.953. The molecule has 0 aliphatic carbocycles. The van der Waals surface area contributed by atoms with Crippen LogP contribution in [0.1, 0.15) is 45.1 Å². The molecule has 0 radical (unpaired) electrons. The highest BCUT2D eigenvalue weighted by Gasteiger charge is 2.62. The second kappa shape index (κ2) is 8.65. The van der Waals surface area contributed by atoms with Crippen LogP contribution in [0.25, 0.3) is 0 Å². The Labute approximate surface area is 176 Å². The van der Waals surface area contributed by atoms with Crippen molar-refractivity contribution in [3.05, 3.63) is 29.6 Å². The summed E-state index contributed by atoms with van der Waals surface area (Å²) in [5.41, 5.74) is 1.42. The Bertz CT molecular complexity index is 702. The number of ether oxygens (including phenoxy) is 1. The van der Waals surface area contributed by atoms with Crippen LogP contribution in [0.2, 0.25) is 17.6 Å². The summed E-state index contributed by atoms with van der Waals surface area (Å²) in [5.74, 6) is 0.600. The zero-order valence-electron chi connectivity index (χ0n) is 18.3. The van der Waals surface area contributed by atoms with E-state index in [1.165, 1.54) is 18.9 Å². The fourth-order valence-electron chi connectivity index (χ4n) is 4.79. The maximum absolute atomic E-state index is 15.2. The van der Waals surface area contributed by atoms with Crippen LogP contribution in [-0.2, 0) is 15.8 Å². The van der Waals surface area contributed by atoms with Gasteiger partial charge in [0.25, 0.3) is 0 Å². The SMILES string of the molecule is CC1(C)C[Si]1(C)OCc1cccc(N2CCC(OCC3CCNCC3)CC2)c1F. The summed E-state index contributed by atoms with van der Waals surface area (Å²) in [5, 5.41) is 3.74. The van der Waals surface area contributed by atoms with Crippen LogP contribution in [0.4, 0.5) is 10.1 Å². The van der Waals surface area contributed by atoms with Gasteiger partial charge in [0.2, 0.25) is 0 Å². The molecule has 3 fully saturated rings. The molecule has 3 heterocycles. The number of piperidine rings is 2. The smallest absolute Gasteiger partial charge is 0.195 e. The number of benzene rings is 1. The minimum absolute atomic E-state index is 0.0994. The summed E-state index contributed by atoms with van der Waals surface area (Å²) in [6.45, 7) is 12.0. The van der Waals surface area contributed by atoms with E-state index in [0.29, 0.717) is 29.2 Å². The third-order valence-electron chi connectivity index (χ3n) is 7.50. The third-order valence-corrected chi connectivity index (χ3v) is 12.5. The van der Waals surface area contributed by atoms with E-state index in [1.54, 1.807) is 0 Å². The molecule has 1 N–H and O–H groups in total. The molecule has 6 heteroatoms. The average molecular weight is 421 g/mol. The molecule has 1 unspecified atom stereocenters. The van der Waals surface area contributed by atoms with E-state index < -0.39 is 8.32 Å². The lowest BCUT2D eigenvalue weighted by Crippen LogP contribution is -2.39. The first kappa shape index (κ1) is 21.3. The Morgan fingerprint density at radius 2 is 1.86 bits per heavy atom. The minimum Gasteiger partial charge on any atom is -0.412 e. The van der Waals surface area contributed by atoms with Gasteiger partial charge in [-0.15, -0.1) is 0 Å². The van der Waals surface area contributed by atoms with Gasteiger partial charge < -0.3 is 19.4 Å². The van der Waals surface area contributed by atoms with E-state index in [-0.39, 0.29) is 5.82 Å². The van der Waals surface area contributed by atoms with Crippen LogP contribution in [-0.4, -0.2) is 47.2 Å². The Kier molecular flexibility index (Phi) is 6.35. The van der Waals surface area contributed by atoms with Crippen LogP contribution in [0.5, 0.6) is 0 Å². The van der Waals surface area contributed by atoms with E-state index in [1.807, 2.05) is 18.2 Å². The summed E-state index contributed by atoms with van der Waals surface area (Å²) in [6.07, 6.45) is 4.71. The van der Waals surface area contributed by atoms with E-state index in [2.05, 4.69) is 30.6 Å². The highest BCUT2D eigenvalue weighted by molar-refractivity contribution is 6.86. The van der Waals surface area contributed by atoms with Crippen molar-refractivity contribution in [3.63, 3.8) is 0 Å². The molecule has 1 atom stereocenters. The fourth-order valence-corrected chi connectivity index (χ4v) is 8.10. The van der Waals surface area contributed by atoms with Gasteiger partial charge in [-0.3, -0.25) is 0 Å². The lowest BCUT2D eigenvalue weighted by atomic mass is 9.99. The van der Waals surface area contributed by atoms with Crippen molar-refractivity contribution in [2.75, 3.05) is 37.7 Å². The van der Waals surface area contributed by atoms with Crippen LogP contribution in [0.3, 0.4) is 0 Å². The van der Waals surface area contributed by atoms with Crippen molar-refractivity contribution in [1.82, 2.24) is 5.32 Å². The quantitative estimate of drug-likeness (QED) is 0.649. The molecule has 3 aliphatic rings. The Morgan fingerprint density at radius 1 is 1.17 bits per heavy atom. The monoisotopic (exact) mass is 420 g/mol. The van der Waals surface area contributed by atoms with Gasteiger partial charge in [0.15, 0.2) is 14.1 Å². The lowest BCUT2D eigenvalue weighted by Gasteiger charge is -2.35. The van der Waals surface area contributed by atoms with Gasteiger partial charge in [0, 0.05) is 25.3 Å². The molecule has 29 heavy (non-hydrogen) atoms. The van der Waals surface area contributed by atoms with Crippen molar-refractivity contribution in [1.29, 1.82) is 0 Å². The second-order valence-corrected chi connectivity index (χ2v) is 14.5. The predicted octanol–water partition coefficient (Wildman–Crippen LogP) is 4.70. The van der Waals surface area contributed by atoms with Crippen molar-refractivity contribution in [2.45, 2.75) is 69.9 Å². The van der Waals surface area contributed by atoms with Crippen LogP contribution in [0.15, 0.2) is 18.2 Å². The van der Waals surface area contributed by atoms with Gasteiger partial charge in [-0.2, -0.15) is 0 Å². The average Bonchev–Trinajstić information content (AvgIpc) is 3.24. The van der Waals surface area contributed by atoms with Crippen molar-refractivity contribution in [3.8, 4) is 0 Å². The van der Waals surface area contributed by atoms with Gasteiger partial charge in [0.05, 0.1) is 18.4 Å². The molecule has 4 nitrogen and oxygen atoms in total. The highest BCUT2D eigenvalue weighted by Crippen LogP contribution is 2.62. The van der Waals surface area contributed by atoms with Gasteiger partial charge in [0.1, 0.15) is 0 Å². The van der Waals surface area contributed by atoms with E-state index in [0.717, 1.165) is 51.3 Å². The van der Waals surface area contributed by atoms with Gasteiger partial charge in [-0.25, -0.2) is 4.39 Å². The first-order valence-electron chi connectivity index (χ1n) is 11.4. The molecule has 4 rings (SSSR count). The highest BCUT2D eigenvalue weighted by atomic mass is 28.4. The van der Waals surface area contributed by atoms with Crippen LogP contribution in [0, 0.1) is 11.7 Å². The summed E-state index contributed by atoms with van der Waals surface area (Å²) in [6, 6.07) is 6.93. The molecule has 0 aromatic heterocycles. The molecule has 3 saturated heterocycles. The topological polar surface area (TPSA) is 33.7 Å². The predicted molar refractivity (Wildman–Crippen MR) is 118 cm³/mol. The molecule has 1 aromatic carbocycles. The van der Waals surface area contributed by atoms with Crippen LogP contribution >= 0.6 is 0 Å². The van der Waals surface area contributed by atoms with Gasteiger partial charge in [-0.05, 0) is 68.4 Å².